The van der Waals surface area contributed by atoms with Crippen LogP contribution < -0.4 is 0 Å². The van der Waals surface area contributed by atoms with Crippen LogP contribution in [0.4, 0.5) is 0 Å². The van der Waals surface area contributed by atoms with E-state index < -0.39 is 0 Å². The first kappa shape index (κ1) is 7.14. The van der Waals surface area contributed by atoms with E-state index >= 15 is 0 Å². The summed E-state index contributed by atoms with van der Waals surface area (Å²) in [6.07, 6.45) is 4.93. The van der Waals surface area contributed by atoms with E-state index in [-0.39, 0.29) is 18.0 Å². The quantitative estimate of drug-likeness (QED) is 0.497. The summed E-state index contributed by atoms with van der Waals surface area (Å²) in [6, 6.07) is 0. The van der Waals surface area contributed by atoms with Gasteiger partial charge in [0.05, 0.1) is 5.92 Å². The number of cyclic esters (lactones) is 1. The molecule has 2 heteroatoms. The van der Waals surface area contributed by atoms with Crippen LogP contribution in [-0.4, -0.2) is 12.1 Å². The first-order valence-corrected chi connectivity index (χ1v) is 4.49. The van der Waals surface area contributed by atoms with Crippen LogP contribution in [0, 0.1) is 11.8 Å². The summed E-state index contributed by atoms with van der Waals surface area (Å²) in [5.74, 6) is 0.845. The highest BCUT2D eigenvalue weighted by atomic mass is 16.6. The lowest BCUT2D eigenvalue weighted by atomic mass is 9.79. The lowest BCUT2D eigenvalue weighted by molar-refractivity contribution is -0.143. The molecule has 2 rings (SSSR count). The molecule has 1 saturated heterocycles. The summed E-state index contributed by atoms with van der Waals surface area (Å²) in [6.45, 7) is 2.02. The lowest BCUT2D eigenvalue weighted by Crippen LogP contribution is -2.22. The Kier molecular flexibility index (Phi) is 1.63. The molecule has 2 aliphatic rings. The van der Waals surface area contributed by atoms with E-state index in [1.54, 1.807) is 0 Å². The molecule has 0 aromatic rings. The molecule has 1 heterocycles. The van der Waals surface area contributed by atoms with E-state index in [0.717, 1.165) is 6.42 Å². The van der Waals surface area contributed by atoms with Gasteiger partial charge in [0.1, 0.15) is 6.10 Å². The first-order valence-electron chi connectivity index (χ1n) is 4.49. The van der Waals surface area contributed by atoms with E-state index in [2.05, 4.69) is 0 Å². The van der Waals surface area contributed by atoms with Gasteiger partial charge >= 0.3 is 5.97 Å². The third kappa shape index (κ3) is 1.05. The Labute approximate surface area is 66.9 Å². The van der Waals surface area contributed by atoms with Gasteiger partial charge in [0, 0.05) is 5.92 Å². The SMILES string of the molecule is C[C@H]1OC(=O)[C@H]2CCCCC21. The Morgan fingerprint density at radius 3 is 2.82 bits per heavy atom. The zero-order valence-electron chi connectivity index (χ0n) is 6.88. The van der Waals surface area contributed by atoms with Gasteiger partial charge in [0.2, 0.25) is 0 Å². The fourth-order valence-corrected chi connectivity index (χ4v) is 2.37. The van der Waals surface area contributed by atoms with Gasteiger partial charge in [0.15, 0.2) is 0 Å². The monoisotopic (exact) mass is 154 g/mol. The van der Waals surface area contributed by atoms with Gasteiger partial charge in [0.25, 0.3) is 0 Å². The Balaban J connectivity index is 2.13. The van der Waals surface area contributed by atoms with Crippen molar-refractivity contribution in [3.63, 3.8) is 0 Å². The molecule has 1 unspecified atom stereocenters. The van der Waals surface area contributed by atoms with E-state index in [1.165, 1.54) is 19.3 Å². The van der Waals surface area contributed by atoms with Crippen LogP contribution in [0.3, 0.4) is 0 Å². The maximum absolute atomic E-state index is 11.2. The summed E-state index contributed by atoms with van der Waals surface area (Å²) in [5.41, 5.74) is 0. The number of hydrogen-bond acceptors (Lipinski definition) is 2. The molecule has 0 bridgehead atoms. The normalized spacial score (nSPS) is 43.4. The first-order chi connectivity index (χ1) is 5.29. The topological polar surface area (TPSA) is 26.3 Å². The third-order valence-corrected chi connectivity index (χ3v) is 3.03. The van der Waals surface area contributed by atoms with Crippen molar-refractivity contribution in [3.05, 3.63) is 0 Å². The molecule has 0 radical (unpaired) electrons. The number of ether oxygens (including phenoxy) is 1. The van der Waals surface area contributed by atoms with Crippen molar-refractivity contribution in [3.8, 4) is 0 Å². The number of carbonyl (C=O) groups excluding carboxylic acids is 1. The van der Waals surface area contributed by atoms with Crippen molar-refractivity contribution >= 4 is 5.97 Å². The van der Waals surface area contributed by atoms with Crippen molar-refractivity contribution in [1.29, 1.82) is 0 Å². The van der Waals surface area contributed by atoms with Gasteiger partial charge < -0.3 is 4.74 Å². The minimum Gasteiger partial charge on any atom is -0.462 e. The fourth-order valence-electron chi connectivity index (χ4n) is 2.37. The smallest absolute Gasteiger partial charge is 0.309 e. The molecule has 0 N–H and O–H groups in total. The Morgan fingerprint density at radius 1 is 1.36 bits per heavy atom. The minimum atomic E-state index is 0.0576. The standard InChI is InChI=1S/C9H14O2/c1-6-7-4-2-3-5-8(7)9(10)11-6/h6-8H,2-5H2,1H3/t6-,7?,8+/m1/s1. The summed E-state index contributed by atoms with van der Waals surface area (Å²) in [7, 11) is 0. The van der Waals surface area contributed by atoms with Gasteiger partial charge in [-0.3, -0.25) is 4.79 Å². The molecule has 1 aliphatic carbocycles. The highest BCUT2D eigenvalue weighted by molar-refractivity contribution is 5.75. The Morgan fingerprint density at radius 2 is 2.09 bits per heavy atom. The predicted octanol–water partition coefficient (Wildman–Crippen LogP) is 1.74. The lowest BCUT2D eigenvalue weighted by Gasteiger charge is -2.22. The van der Waals surface area contributed by atoms with Crippen molar-refractivity contribution in [2.45, 2.75) is 38.7 Å². The molecule has 2 fully saturated rings. The molecule has 62 valence electrons. The van der Waals surface area contributed by atoms with Gasteiger partial charge in [-0.1, -0.05) is 12.8 Å². The molecular formula is C9H14O2. The van der Waals surface area contributed by atoms with E-state index in [9.17, 15) is 4.79 Å². The largest absolute Gasteiger partial charge is 0.462 e. The summed E-state index contributed by atoms with van der Waals surface area (Å²) in [5, 5.41) is 0. The maximum atomic E-state index is 11.2. The second kappa shape index (κ2) is 2.50. The van der Waals surface area contributed by atoms with Crippen LogP contribution in [0.5, 0.6) is 0 Å². The molecular weight excluding hydrogens is 140 g/mol. The van der Waals surface area contributed by atoms with Crippen molar-refractivity contribution in [2.75, 3.05) is 0 Å². The average Bonchev–Trinajstić information content (AvgIpc) is 2.30. The molecule has 2 nitrogen and oxygen atoms in total. The van der Waals surface area contributed by atoms with Gasteiger partial charge in [-0.2, -0.15) is 0 Å². The Hall–Kier alpha value is -0.530. The number of rotatable bonds is 0. The molecule has 1 aliphatic heterocycles. The van der Waals surface area contributed by atoms with Crippen LogP contribution in [0.25, 0.3) is 0 Å². The summed E-state index contributed by atoms with van der Waals surface area (Å²) < 4.78 is 5.17. The fraction of sp³-hybridized carbons (Fsp3) is 0.889. The van der Waals surface area contributed by atoms with Gasteiger partial charge in [-0.05, 0) is 19.8 Å². The van der Waals surface area contributed by atoms with Crippen molar-refractivity contribution in [2.24, 2.45) is 11.8 Å². The van der Waals surface area contributed by atoms with Crippen LogP contribution in [-0.2, 0) is 9.53 Å². The number of esters is 1. The minimum absolute atomic E-state index is 0.0576. The molecule has 0 spiro atoms. The molecule has 0 aromatic carbocycles. The number of carbonyl (C=O) groups is 1. The Bertz CT molecular complexity index is 176. The van der Waals surface area contributed by atoms with E-state index in [1.807, 2.05) is 6.92 Å². The van der Waals surface area contributed by atoms with Gasteiger partial charge in [-0.15, -0.1) is 0 Å². The molecule has 0 amide bonds. The molecule has 3 atom stereocenters. The zero-order valence-corrected chi connectivity index (χ0v) is 6.88. The van der Waals surface area contributed by atoms with Crippen LogP contribution in [0.15, 0.2) is 0 Å². The van der Waals surface area contributed by atoms with Gasteiger partial charge in [-0.25, -0.2) is 0 Å². The van der Waals surface area contributed by atoms with E-state index in [0.29, 0.717) is 5.92 Å². The second-order valence-corrected chi connectivity index (χ2v) is 3.70. The number of hydrogen-bond donors (Lipinski definition) is 0. The molecule has 11 heavy (non-hydrogen) atoms. The maximum Gasteiger partial charge on any atom is 0.309 e. The summed E-state index contributed by atoms with van der Waals surface area (Å²) in [4.78, 5) is 11.2. The second-order valence-electron chi connectivity index (χ2n) is 3.70. The average molecular weight is 154 g/mol. The highest BCUT2D eigenvalue weighted by Crippen LogP contribution is 2.39. The summed E-state index contributed by atoms with van der Waals surface area (Å²) >= 11 is 0. The molecule has 1 saturated carbocycles. The van der Waals surface area contributed by atoms with E-state index in [4.69, 9.17) is 4.74 Å². The van der Waals surface area contributed by atoms with Crippen molar-refractivity contribution < 1.29 is 9.53 Å². The third-order valence-electron chi connectivity index (χ3n) is 3.03. The van der Waals surface area contributed by atoms with Crippen LogP contribution >= 0.6 is 0 Å². The van der Waals surface area contributed by atoms with Crippen LogP contribution in [0.1, 0.15) is 32.6 Å². The predicted molar refractivity (Wildman–Crippen MR) is 41.0 cm³/mol. The molecule has 0 aromatic heterocycles. The van der Waals surface area contributed by atoms with Crippen molar-refractivity contribution in [1.82, 2.24) is 0 Å². The number of fused-ring (bicyclic) bond motifs is 1. The zero-order chi connectivity index (χ0) is 7.84. The van der Waals surface area contributed by atoms with Crippen LogP contribution in [0.2, 0.25) is 0 Å². The highest BCUT2D eigenvalue weighted by Gasteiger charge is 2.42.